The van der Waals surface area contributed by atoms with Gasteiger partial charge in [0, 0.05) is 10.9 Å². The topological polar surface area (TPSA) is 12.0 Å². The minimum Gasteiger partial charge on any atom is -0.316 e. The van der Waals surface area contributed by atoms with E-state index in [0.29, 0.717) is 11.5 Å². The molecule has 1 rings (SSSR count). The Kier molecular flexibility index (Phi) is 4.81. The Morgan fingerprint density at radius 2 is 2.20 bits per heavy atom. The molecular formula is C13H23NS. The van der Waals surface area contributed by atoms with Gasteiger partial charge in [0.05, 0.1) is 0 Å². The second-order valence-electron chi connectivity index (χ2n) is 4.80. The van der Waals surface area contributed by atoms with Crippen LogP contribution in [-0.4, -0.2) is 13.1 Å². The molecule has 0 spiro atoms. The van der Waals surface area contributed by atoms with Crippen molar-refractivity contribution < 1.29 is 0 Å². The number of rotatable bonds is 6. The summed E-state index contributed by atoms with van der Waals surface area (Å²) in [5.74, 6) is 0. The molecule has 15 heavy (non-hydrogen) atoms. The van der Waals surface area contributed by atoms with Crippen LogP contribution in [0.25, 0.3) is 0 Å². The van der Waals surface area contributed by atoms with Crippen LogP contribution in [0.5, 0.6) is 0 Å². The highest BCUT2D eigenvalue weighted by Crippen LogP contribution is 2.28. The quantitative estimate of drug-likeness (QED) is 0.778. The molecule has 1 unspecified atom stereocenters. The monoisotopic (exact) mass is 225 g/mol. The molecule has 0 aliphatic carbocycles. The lowest BCUT2D eigenvalue weighted by molar-refractivity contribution is 0.231. The third-order valence-corrected chi connectivity index (χ3v) is 4.40. The van der Waals surface area contributed by atoms with Crippen LogP contribution < -0.4 is 5.32 Å². The van der Waals surface area contributed by atoms with Crippen molar-refractivity contribution in [2.24, 2.45) is 5.41 Å². The van der Waals surface area contributed by atoms with Gasteiger partial charge in [0.2, 0.25) is 0 Å². The fourth-order valence-corrected chi connectivity index (χ4v) is 2.64. The third kappa shape index (κ3) is 3.62. The van der Waals surface area contributed by atoms with Crippen molar-refractivity contribution in [3.63, 3.8) is 0 Å². The van der Waals surface area contributed by atoms with Crippen molar-refractivity contribution in [3.8, 4) is 0 Å². The average Bonchev–Trinajstić information content (AvgIpc) is 2.71. The van der Waals surface area contributed by atoms with Gasteiger partial charge >= 0.3 is 0 Å². The van der Waals surface area contributed by atoms with Crippen LogP contribution in [0.2, 0.25) is 0 Å². The maximum absolute atomic E-state index is 3.46. The molecule has 1 aromatic rings. The number of nitrogens with one attached hydrogen (secondary N) is 1. The Bertz CT molecular complexity index is 264. The van der Waals surface area contributed by atoms with Crippen molar-refractivity contribution in [1.82, 2.24) is 5.32 Å². The molecule has 1 nitrogen and oxygen atoms in total. The van der Waals surface area contributed by atoms with Crippen molar-refractivity contribution in [3.05, 3.63) is 22.4 Å². The smallest absolute Gasteiger partial charge is 0.0119 e. The largest absolute Gasteiger partial charge is 0.316 e. The molecule has 0 fully saturated rings. The van der Waals surface area contributed by atoms with Crippen molar-refractivity contribution in [2.45, 2.75) is 46.1 Å². The fourth-order valence-electron chi connectivity index (χ4n) is 1.91. The molecule has 1 N–H and O–H groups in total. The van der Waals surface area contributed by atoms with E-state index in [1.807, 2.05) is 11.3 Å². The highest BCUT2D eigenvalue weighted by molar-refractivity contribution is 7.09. The van der Waals surface area contributed by atoms with E-state index in [2.05, 4.69) is 50.6 Å². The SMILES string of the molecule is CCC(C)(C)C(CCc1cccs1)NC. The second kappa shape index (κ2) is 5.66. The maximum Gasteiger partial charge on any atom is 0.0119 e. The second-order valence-corrected chi connectivity index (χ2v) is 5.83. The van der Waals surface area contributed by atoms with Gasteiger partial charge in [-0.05, 0) is 43.2 Å². The molecule has 1 heterocycles. The predicted octanol–water partition coefficient (Wildman–Crippen LogP) is 3.70. The summed E-state index contributed by atoms with van der Waals surface area (Å²) in [6.07, 6.45) is 3.66. The summed E-state index contributed by atoms with van der Waals surface area (Å²) in [6, 6.07) is 4.99. The zero-order chi connectivity index (χ0) is 11.3. The van der Waals surface area contributed by atoms with E-state index in [1.165, 1.54) is 24.1 Å². The summed E-state index contributed by atoms with van der Waals surface area (Å²) in [5.41, 5.74) is 0.395. The van der Waals surface area contributed by atoms with Crippen LogP contribution in [-0.2, 0) is 6.42 Å². The van der Waals surface area contributed by atoms with E-state index in [1.54, 1.807) is 0 Å². The summed E-state index contributed by atoms with van der Waals surface area (Å²) in [4.78, 5) is 1.50. The highest BCUT2D eigenvalue weighted by Gasteiger charge is 2.25. The van der Waals surface area contributed by atoms with Gasteiger partial charge in [0.15, 0.2) is 0 Å². The van der Waals surface area contributed by atoms with Crippen LogP contribution in [0.1, 0.15) is 38.5 Å². The minimum absolute atomic E-state index is 0.395. The van der Waals surface area contributed by atoms with Crippen molar-refractivity contribution in [2.75, 3.05) is 7.05 Å². The van der Waals surface area contributed by atoms with Gasteiger partial charge in [-0.2, -0.15) is 0 Å². The van der Waals surface area contributed by atoms with Crippen LogP contribution in [0.15, 0.2) is 17.5 Å². The standard InChI is InChI=1S/C13H23NS/c1-5-13(2,3)12(14-4)9-8-11-7-6-10-15-11/h6-7,10,12,14H,5,8-9H2,1-4H3. The zero-order valence-electron chi connectivity index (χ0n) is 10.3. The van der Waals surface area contributed by atoms with Gasteiger partial charge in [-0.1, -0.05) is 26.8 Å². The van der Waals surface area contributed by atoms with Gasteiger partial charge < -0.3 is 5.32 Å². The first-order valence-corrected chi connectivity index (χ1v) is 6.67. The molecule has 0 aliphatic heterocycles. The number of hydrogen-bond donors (Lipinski definition) is 1. The molecule has 0 saturated carbocycles. The Labute approximate surface area is 97.9 Å². The molecule has 2 heteroatoms. The third-order valence-electron chi connectivity index (χ3n) is 3.46. The minimum atomic E-state index is 0.395. The van der Waals surface area contributed by atoms with E-state index >= 15 is 0 Å². The van der Waals surface area contributed by atoms with Gasteiger partial charge in [0.1, 0.15) is 0 Å². The molecule has 1 atom stereocenters. The molecule has 86 valence electrons. The number of aryl methyl sites for hydroxylation is 1. The Morgan fingerprint density at radius 1 is 1.47 bits per heavy atom. The lowest BCUT2D eigenvalue weighted by atomic mass is 9.79. The van der Waals surface area contributed by atoms with Crippen LogP contribution in [0, 0.1) is 5.41 Å². The Balaban J connectivity index is 2.47. The van der Waals surface area contributed by atoms with Crippen LogP contribution in [0.4, 0.5) is 0 Å². The van der Waals surface area contributed by atoms with Crippen LogP contribution in [0.3, 0.4) is 0 Å². The number of hydrogen-bond acceptors (Lipinski definition) is 2. The normalized spacial score (nSPS) is 14.1. The first-order chi connectivity index (χ1) is 7.10. The molecule has 0 aliphatic rings. The highest BCUT2D eigenvalue weighted by atomic mass is 32.1. The summed E-state index contributed by atoms with van der Waals surface area (Å²) in [7, 11) is 2.08. The lowest BCUT2D eigenvalue weighted by Gasteiger charge is -2.33. The summed E-state index contributed by atoms with van der Waals surface area (Å²) >= 11 is 1.87. The van der Waals surface area contributed by atoms with Gasteiger partial charge in [-0.25, -0.2) is 0 Å². The summed E-state index contributed by atoms with van der Waals surface area (Å²) < 4.78 is 0. The molecule has 0 saturated heterocycles. The molecular weight excluding hydrogens is 202 g/mol. The van der Waals surface area contributed by atoms with Crippen molar-refractivity contribution in [1.29, 1.82) is 0 Å². The zero-order valence-corrected chi connectivity index (χ0v) is 11.2. The van der Waals surface area contributed by atoms with Crippen molar-refractivity contribution >= 4 is 11.3 Å². The van der Waals surface area contributed by atoms with Gasteiger partial charge in [-0.15, -0.1) is 11.3 Å². The summed E-state index contributed by atoms with van der Waals surface area (Å²) in [5, 5.41) is 5.62. The molecule has 0 amide bonds. The first kappa shape index (κ1) is 12.7. The van der Waals surface area contributed by atoms with E-state index in [9.17, 15) is 0 Å². The Hall–Kier alpha value is -0.340. The van der Waals surface area contributed by atoms with E-state index in [0.717, 1.165) is 0 Å². The predicted molar refractivity (Wildman–Crippen MR) is 69.6 cm³/mol. The number of thiophene rings is 1. The molecule has 1 aromatic heterocycles. The fraction of sp³-hybridized carbons (Fsp3) is 0.692. The molecule has 0 radical (unpaired) electrons. The Morgan fingerprint density at radius 3 is 2.67 bits per heavy atom. The van der Waals surface area contributed by atoms with E-state index in [4.69, 9.17) is 0 Å². The lowest BCUT2D eigenvalue weighted by Crippen LogP contribution is -2.39. The maximum atomic E-state index is 3.46. The van der Waals surface area contributed by atoms with E-state index < -0.39 is 0 Å². The molecule has 0 aromatic carbocycles. The first-order valence-electron chi connectivity index (χ1n) is 5.79. The van der Waals surface area contributed by atoms with Gasteiger partial charge in [-0.3, -0.25) is 0 Å². The van der Waals surface area contributed by atoms with Gasteiger partial charge in [0.25, 0.3) is 0 Å². The van der Waals surface area contributed by atoms with E-state index in [-0.39, 0.29) is 0 Å². The average molecular weight is 225 g/mol. The summed E-state index contributed by atoms with van der Waals surface area (Å²) in [6.45, 7) is 6.97. The molecule has 0 bridgehead atoms. The van der Waals surface area contributed by atoms with Crippen LogP contribution >= 0.6 is 11.3 Å².